The molecule has 0 saturated heterocycles. The first-order chi connectivity index (χ1) is 9.10. The summed E-state index contributed by atoms with van der Waals surface area (Å²) in [5.74, 6) is -0.389. The molecule has 3 nitrogen and oxygen atoms in total. The van der Waals surface area contributed by atoms with E-state index in [4.69, 9.17) is 0 Å². The molecule has 2 aromatic rings. The van der Waals surface area contributed by atoms with Gasteiger partial charge in [-0.1, -0.05) is 22.9 Å². The molecule has 1 amide bonds. The van der Waals surface area contributed by atoms with Gasteiger partial charge in [0.2, 0.25) is 5.91 Å². The number of thiazole rings is 1. The summed E-state index contributed by atoms with van der Waals surface area (Å²) in [4.78, 5) is 15.8. The van der Waals surface area contributed by atoms with Gasteiger partial charge in [-0.15, -0.1) is 11.3 Å². The largest absolute Gasteiger partial charge is 0.301 e. The zero-order valence-corrected chi connectivity index (χ0v) is 12.6. The second kappa shape index (κ2) is 6.25. The number of hydrogen-bond donors (Lipinski definition) is 1. The van der Waals surface area contributed by atoms with E-state index in [1.54, 1.807) is 12.1 Å². The smallest absolute Gasteiger partial charge is 0.239 e. The van der Waals surface area contributed by atoms with Crippen LogP contribution < -0.4 is 5.32 Å². The minimum Gasteiger partial charge on any atom is -0.301 e. The van der Waals surface area contributed by atoms with E-state index in [0.717, 1.165) is 11.3 Å². The van der Waals surface area contributed by atoms with E-state index in [-0.39, 0.29) is 16.6 Å². The standard InChI is InChI=1S/C13H12BrFN2OS/c1-2-10(14)12(18)17-13-16-11(7-19-13)8-3-5-9(15)6-4-8/h3-7,10H,2H2,1H3,(H,16,17,18). The molecule has 19 heavy (non-hydrogen) atoms. The maximum absolute atomic E-state index is 12.8. The first kappa shape index (κ1) is 14.1. The van der Waals surface area contributed by atoms with Crippen molar-refractivity contribution < 1.29 is 9.18 Å². The van der Waals surface area contributed by atoms with Gasteiger partial charge in [-0.3, -0.25) is 4.79 Å². The lowest BCUT2D eigenvalue weighted by atomic mass is 10.2. The van der Waals surface area contributed by atoms with E-state index < -0.39 is 0 Å². The predicted molar refractivity (Wildman–Crippen MR) is 79.1 cm³/mol. The van der Waals surface area contributed by atoms with Crippen molar-refractivity contribution >= 4 is 38.3 Å². The van der Waals surface area contributed by atoms with E-state index in [9.17, 15) is 9.18 Å². The average Bonchev–Trinajstić information content (AvgIpc) is 2.87. The number of amides is 1. The van der Waals surface area contributed by atoms with Gasteiger partial charge in [-0.2, -0.15) is 0 Å². The van der Waals surface area contributed by atoms with Gasteiger partial charge >= 0.3 is 0 Å². The van der Waals surface area contributed by atoms with Crippen molar-refractivity contribution in [2.75, 3.05) is 5.32 Å². The van der Waals surface area contributed by atoms with E-state index in [0.29, 0.717) is 11.6 Å². The molecule has 100 valence electrons. The highest BCUT2D eigenvalue weighted by atomic mass is 79.9. The summed E-state index contributed by atoms with van der Waals surface area (Å²) in [6, 6.07) is 6.10. The number of nitrogens with one attached hydrogen (secondary N) is 1. The first-order valence-electron chi connectivity index (χ1n) is 5.76. The lowest BCUT2D eigenvalue weighted by Crippen LogP contribution is -2.21. The number of halogens is 2. The Hall–Kier alpha value is -1.27. The van der Waals surface area contributed by atoms with Crippen LogP contribution in [0.1, 0.15) is 13.3 Å². The zero-order chi connectivity index (χ0) is 13.8. The topological polar surface area (TPSA) is 42.0 Å². The van der Waals surface area contributed by atoms with Gasteiger partial charge in [0.25, 0.3) is 0 Å². The molecule has 0 aliphatic carbocycles. The highest BCUT2D eigenvalue weighted by molar-refractivity contribution is 9.10. The fourth-order valence-electron chi connectivity index (χ4n) is 1.45. The Morgan fingerprint density at radius 1 is 1.47 bits per heavy atom. The Balaban J connectivity index is 2.11. The number of aromatic nitrogens is 1. The van der Waals surface area contributed by atoms with Crippen molar-refractivity contribution in [3.8, 4) is 11.3 Å². The summed E-state index contributed by atoms with van der Waals surface area (Å²) in [6.45, 7) is 1.92. The molecule has 1 unspecified atom stereocenters. The lowest BCUT2D eigenvalue weighted by Gasteiger charge is -2.05. The van der Waals surface area contributed by atoms with Crippen LogP contribution in [0, 0.1) is 5.82 Å². The number of nitrogens with zero attached hydrogens (tertiary/aromatic N) is 1. The summed E-state index contributed by atoms with van der Waals surface area (Å²) >= 11 is 4.63. The van der Waals surface area contributed by atoms with Crippen molar-refractivity contribution in [3.63, 3.8) is 0 Å². The minimum atomic E-state index is -0.280. The van der Waals surface area contributed by atoms with Gasteiger partial charge < -0.3 is 5.32 Å². The monoisotopic (exact) mass is 342 g/mol. The maximum atomic E-state index is 12.8. The third-order valence-corrected chi connectivity index (χ3v) is 4.34. The number of rotatable bonds is 4. The SMILES string of the molecule is CCC(Br)C(=O)Nc1nc(-c2ccc(F)cc2)cs1. The third kappa shape index (κ3) is 3.61. The Labute approximate surface area is 123 Å². The summed E-state index contributed by atoms with van der Waals surface area (Å²) in [7, 11) is 0. The number of carbonyl (C=O) groups excluding carboxylic acids is 1. The average molecular weight is 343 g/mol. The highest BCUT2D eigenvalue weighted by Crippen LogP contribution is 2.25. The van der Waals surface area contributed by atoms with Crippen molar-refractivity contribution in [2.45, 2.75) is 18.2 Å². The number of benzene rings is 1. The molecule has 1 aromatic carbocycles. The summed E-state index contributed by atoms with van der Waals surface area (Å²) < 4.78 is 12.8. The van der Waals surface area contributed by atoms with Crippen LogP contribution in [0.4, 0.5) is 9.52 Å². The molecule has 0 aliphatic rings. The first-order valence-corrected chi connectivity index (χ1v) is 7.56. The Bertz CT molecular complexity index is 570. The predicted octanol–water partition coefficient (Wildman–Crippen LogP) is 4.06. The fourth-order valence-corrected chi connectivity index (χ4v) is 2.29. The number of anilines is 1. The molecule has 2 rings (SSSR count). The summed E-state index contributed by atoms with van der Waals surface area (Å²) in [5, 5.41) is 5.12. The second-order valence-corrected chi connectivity index (χ2v) is 5.87. The van der Waals surface area contributed by atoms with Gasteiger partial charge in [-0.05, 0) is 30.7 Å². The van der Waals surface area contributed by atoms with Crippen LogP contribution in [0.25, 0.3) is 11.3 Å². The maximum Gasteiger partial charge on any atom is 0.239 e. The molecular weight excluding hydrogens is 331 g/mol. The molecule has 0 radical (unpaired) electrons. The van der Waals surface area contributed by atoms with Crippen LogP contribution in [0.2, 0.25) is 0 Å². The van der Waals surface area contributed by atoms with Crippen molar-refractivity contribution in [3.05, 3.63) is 35.5 Å². The zero-order valence-electron chi connectivity index (χ0n) is 10.2. The molecule has 0 bridgehead atoms. The number of carbonyl (C=O) groups is 1. The number of alkyl halides is 1. The molecule has 1 N–H and O–H groups in total. The second-order valence-electron chi connectivity index (χ2n) is 3.91. The van der Waals surface area contributed by atoms with Gasteiger partial charge in [0, 0.05) is 10.9 Å². The molecule has 1 aromatic heterocycles. The summed E-state index contributed by atoms with van der Waals surface area (Å²) in [5.41, 5.74) is 1.55. The number of hydrogen-bond acceptors (Lipinski definition) is 3. The molecule has 0 aliphatic heterocycles. The lowest BCUT2D eigenvalue weighted by molar-refractivity contribution is -0.115. The van der Waals surface area contributed by atoms with Crippen molar-refractivity contribution in [2.24, 2.45) is 0 Å². The van der Waals surface area contributed by atoms with Crippen molar-refractivity contribution in [1.82, 2.24) is 4.98 Å². The van der Waals surface area contributed by atoms with Gasteiger partial charge in [0.1, 0.15) is 5.82 Å². The molecule has 1 atom stereocenters. The van der Waals surface area contributed by atoms with Gasteiger partial charge in [-0.25, -0.2) is 9.37 Å². The Morgan fingerprint density at radius 3 is 2.79 bits per heavy atom. The summed E-state index contributed by atoms with van der Waals surface area (Å²) in [6.07, 6.45) is 0.710. The Kier molecular flexibility index (Phi) is 4.66. The van der Waals surface area contributed by atoms with Crippen LogP contribution in [-0.4, -0.2) is 15.7 Å². The minimum absolute atomic E-state index is 0.109. The molecule has 1 heterocycles. The normalized spacial score (nSPS) is 12.2. The van der Waals surface area contributed by atoms with Gasteiger partial charge in [0.15, 0.2) is 5.13 Å². The van der Waals surface area contributed by atoms with E-state index in [1.165, 1.54) is 23.5 Å². The molecule has 0 fully saturated rings. The van der Waals surface area contributed by atoms with Crippen LogP contribution in [0.15, 0.2) is 29.6 Å². The van der Waals surface area contributed by atoms with Crippen LogP contribution >= 0.6 is 27.3 Å². The van der Waals surface area contributed by atoms with E-state index in [1.807, 2.05) is 12.3 Å². The van der Waals surface area contributed by atoms with Crippen molar-refractivity contribution in [1.29, 1.82) is 0 Å². The quantitative estimate of drug-likeness (QED) is 0.851. The van der Waals surface area contributed by atoms with Gasteiger partial charge in [0.05, 0.1) is 10.5 Å². The molecule has 0 spiro atoms. The molecular formula is C13H12BrFN2OS. The Morgan fingerprint density at radius 2 is 2.16 bits per heavy atom. The van der Waals surface area contributed by atoms with E-state index in [2.05, 4.69) is 26.2 Å². The fraction of sp³-hybridized carbons (Fsp3) is 0.231. The highest BCUT2D eigenvalue weighted by Gasteiger charge is 2.14. The van der Waals surface area contributed by atoms with Crippen LogP contribution in [0.3, 0.4) is 0 Å². The molecule has 0 saturated carbocycles. The third-order valence-electron chi connectivity index (χ3n) is 2.52. The van der Waals surface area contributed by atoms with Crippen LogP contribution in [-0.2, 0) is 4.79 Å². The van der Waals surface area contributed by atoms with E-state index >= 15 is 0 Å². The molecule has 6 heteroatoms. The van der Waals surface area contributed by atoms with Crippen LogP contribution in [0.5, 0.6) is 0 Å².